The minimum absolute atomic E-state index is 0.0150. The van der Waals surface area contributed by atoms with E-state index in [1.807, 2.05) is 0 Å². The Hall–Kier alpha value is -0.155. The Kier molecular flexibility index (Phi) is 2.35. The normalized spacial score (nSPS) is 41.5. The molecule has 0 saturated carbocycles. The SMILES string of the molecule is [B]C1CN2CC(F)(F)CC2(COC)C1. The van der Waals surface area contributed by atoms with Gasteiger partial charge in [-0.2, -0.15) is 0 Å². The number of fused-ring (bicyclic) bond motifs is 1. The number of methoxy groups -OCH3 is 1. The molecule has 0 aliphatic carbocycles. The average molecular weight is 201 g/mol. The number of rotatable bonds is 2. The van der Waals surface area contributed by atoms with Crippen molar-refractivity contribution < 1.29 is 13.5 Å². The molecule has 0 amide bonds. The fourth-order valence-electron chi connectivity index (χ4n) is 2.86. The molecule has 2 saturated heterocycles. The van der Waals surface area contributed by atoms with Gasteiger partial charge in [0.1, 0.15) is 0 Å². The Bertz CT molecular complexity index is 239. The summed E-state index contributed by atoms with van der Waals surface area (Å²) in [4.78, 5) is 1.79. The number of ether oxygens (including phenoxy) is 1. The van der Waals surface area contributed by atoms with Crippen LogP contribution < -0.4 is 0 Å². The van der Waals surface area contributed by atoms with E-state index in [1.54, 1.807) is 12.0 Å². The third-order valence-corrected chi connectivity index (χ3v) is 3.19. The first kappa shape index (κ1) is 10.4. The molecule has 2 rings (SSSR count). The van der Waals surface area contributed by atoms with Crippen molar-refractivity contribution >= 4 is 7.85 Å². The first-order valence-electron chi connectivity index (χ1n) is 4.85. The van der Waals surface area contributed by atoms with Crippen LogP contribution in [0.25, 0.3) is 0 Å². The highest BCUT2D eigenvalue weighted by atomic mass is 19.3. The highest BCUT2D eigenvalue weighted by Gasteiger charge is 2.57. The van der Waals surface area contributed by atoms with Gasteiger partial charge in [-0.3, -0.25) is 4.90 Å². The average Bonchev–Trinajstić information content (AvgIpc) is 2.35. The molecule has 2 unspecified atom stereocenters. The highest BCUT2D eigenvalue weighted by Crippen LogP contribution is 2.48. The van der Waals surface area contributed by atoms with Crippen molar-refractivity contribution in [1.29, 1.82) is 0 Å². The van der Waals surface area contributed by atoms with Crippen LogP contribution in [-0.2, 0) is 4.74 Å². The van der Waals surface area contributed by atoms with Gasteiger partial charge in [0.25, 0.3) is 5.92 Å². The van der Waals surface area contributed by atoms with Gasteiger partial charge in [0, 0.05) is 19.1 Å². The third kappa shape index (κ3) is 1.56. The Morgan fingerprint density at radius 3 is 2.93 bits per heavy atom. The molecule has 2 heterocycles. The summed E-state index contributed by atoms with van der Waals surface area (Å²) < 4.78 is 31.5. The predicted molar refractivity (Wildman–Crippen MR) is 49.9 cm³/mol. The number of alkyl halides is 2. The minimum atomic E-state index is -2.57. The molecule has 2 fully saturated rings. The lowest BCUT2D eigenvalue weighted by Crippen LogP contribution is -2.42. The molecule has 2 nitrogen and oxygen atoms in total. The number of hydrogen-bond donors (Lipinski definition) is 0. The minimum Gasteiger partial charge on any atom is -0.383 e. The van der Waals surface area contributed by atoms with Gasteiger partial charge in [0.2, 0.25) is 0 Å². The molecule has 5 heteroatoms. The lowest BCUT2D eigenvalue weighted by atomic mass is 9.80. The molecule has 0 aromatic heterocycles. The Morgan fingerprint density at radius 2 is 2.29 bits per heavy atom. The zero-order valence-corrected chi connectivity index (χ0v) is 8.30. The summed E-state index contributed by atoms with van der Waals surface area (Å²) in [5, 5.41) is 0. The van der Waals surface area contributed by atoms with Crippen molar-refractivity contribution in [3.63, 3.8) is 0 Å². The largest absolute Gasteiger partial charge is 0.383 e. The van der Waals surface area contributed by atoms with Crippen molar-refractivity contribution in [2.45, 2.75) is 30.1 Å². The number of hydrogen-bond acceptors (Lipinski definition) is 2. The second kappa shape index (κ2) is 3.17. The van der Waals surface area contributed by atoms with E-state index in [4.69, 9.17) is 12.6 Å². The van der Waals surface area contributed by atoms with Crippen LogP contribution in [0, 0.1) is 0 Å². The van der Waals surface area contributed by atoms with Crippen molar-refractivity contribution in [3.8, 4) is 0 Å². The summed E-state index contributed by atoms with van der Waals surface area (Å²) in [6, 6.07) is 0. The van der Waals surface area contributed by atoms with Gasteiger partial charge in [-0.15, -0.1) is 0 Å². The van der Waals surface area contributed by atoms with Crippen LogP contribution in [0.3, 0.4) is 0 Å². The van der Waals surface area contributed by atoms with E-state index in [0.717, 1.165) is 0 Å². The summed E-state index contributed by atoms with van der Waals surface area (Å²) in [7, 11) is 7.34. The smallest absolute Gasteiger partial charge is 0.262 e. The molecule has 0 aromatic rings. The maximum atomic E-state index is 13.2. The standard InChI is InChI=1S/C9H14BF2NO/c1-14-6-8-2-7(10)3-13(8)5-9(11,12)4-8/h7H,2-6H2,1H3. The van der Waals surface area contributed by atoms with Gasteiger partial charge in [0.15, 0.2) is 0 Å². The maximum absolute atomic E-state index is 13.2. The molecular formula is C9H14BF2NO. The van der Waals surface area contributed by atoms with Gasteiger partial charge < -0.3 is 4.74 Å². The first-order valence-corrected chi connectivity index (χ1v) is 4.85. The molecule has 78 valence electrons. The Labute approximate surface area is 84.0 Å². The van der Waals surface area contributed by atoms with Crippen LogP contribution in [0.1, 0.15) is 12.8 Å². The van der Waals surface area contributed by atoms with Gasteiger partial charge >= 0.3 is 0 Å². The second-order valence-corrected chi connectivity index (χ2v) is 4.53. The quantitative estimate of drug-likeness (QED) is 0.619. The van der Waals surface area contributed by atoms with Crippen LogP contribution in [0.15, 0.2) is 0 Å². The maximum Gasteiger partial charge on any atom is 0.262 e. The summed E-state index contributed by atoms with van der Waals surface area (Å²) in [5.74, 6) is -2.56. The van der Waals surface area contributed by atoms with E-state index in [-0.39, 0.29) is 18.8 Å². The third-order valence-electron chi connectivity index (χ3n) is 3.19. The number of nitrogens with zero attached hydrogens (tertiary/aromatic N) is 1. The van der Waals surface area contributed by atoms with E-state index in [2.05, 4.69) is 0 Å². The van der Waals surface area contributed by atoms with Crippen molar-refractivity contribution in [2.75, 3.05) is 26.8 Å². The lowest BCUT2D eigenvalue weighted by molar-refractivity contribution is 0.00623. The van der Waals surface area contributed by atoms with E-state index >= 15 is 0 Å². The fraction of sp³-hybridized carbons (Fsp3) is 1.00. The molecule has 0 spiro atoms. The van der Waals surface area contributed by atoms with Crippen molar-refractivity contribution in [1.82, 2.24) is 4.90 Å². The molecule has 0 aromatic carbocycles. The molecule has 0 N–H and O–H groups in total. The van der Waals surface area contributed by atoms with Gasteiger partial charge in [-0.1, -0.05) is 5.82 Å². The van der Waals surface area contributed by atoms with Crippen LogP contribution in [0.5, 0.6) is 0 Å². The molecule has 2 atom stereocenters. The Morgan fingerprint density at radius 1 is 1.57 bits per heavy atom. The Balaban J connectivity index is 2.17. The molecule has 2 radical (unpaired) electrons. The van der Waals surface area contributed by atoms with Crippen LogP contribution in [-0.4, -0.2) is 51.0 Å². The van der Waals surface area contributed by atoms with Crippen LogP contribution >= 0.6 is 0 Å². The first-order chi connectivity index (χ1) is 6.47. The van der Waals surface area contributed by atoms with E-state index in [9.17, 15) is 8.78 Å². The zero-order valence-electron chi connectivity index (χ0n) is 8.30. The molecular weight excluding hydrogens is 187 g/mol. The summed E-state index contributed by atoms with van der Waals surface area (Å²) in [6.07, 6.45) is 0.512. The monoisotopic (exact) mass is 201 g/mol. The summed E-state index contributed by atoms with van der Waals surface area (Å²) in [5.41, 5.74) is -0.502. The molecule has 2 aliphatic rings. The van der Waals surface area contributed by atoms with E-state index < -0.39 is 11.5 Å². The topological polar surface area (TPSA) is 12.5 Å². The lowest BCUT2D eigenvalue weighted by Gasteiger charge is -2.30. The van der Waals surface area contributed by atoms with Gasteiger partial charge in [0.05, 0.1) is 21.0 Å². The van der Waals surface area contributed by atoms with E-state index in [1.165, 1.54) is 0 Å². The van der Waals surface area contributed by atoms with Gasteiger partial charge in [-0.25, -0.2) is 8.78 Å². The second-order valence-electron chi connectivity index (χ2n) is 4.53. The summed E-state index contributed by atoms with van der Waals surface area (Å²) in [6.45, 7) is 0.763. The summed E-state index contributed by atoms with van der Waals surface area (Å²) >= 11 is 0. The van der Waals surface area contributed by atoms with Crippen LogP contribution in [0.2, 0.25) is 5.82 Å². The van der Waals surface area contributed by atoms with Crippen molar-refractivity contribution in [2.24, 2.45) is 0 Å². The fourth-order valence-corrected chi connectivity index (χ4v) is 2.86. The molecule has 0 bridgehead atoms. The van der Waals surface area contributed by atoms with Crippen LogP contribution in [0.4, 0.5) is 8.78 Å². The zero-order chi connectivity index (χ0) is 10.4. The number of halogens is 2. The van der Waals surface area contributed by atoms with Gasteiger partial charge in [-0.05, 0) is 13.0 Å². The highest BCUT2D eigenvalue weighted by molar-refractivity contribution is 6.12. The molecule has 2 aliphatic heterocycles. The van der Waals surface area contributed by atoms with E-state index in [0.29, 0.717) is 19.6 Å². The predicted octanol–water partition coefficient (Wildman–Crippen LogP) is 1.07. The molecule has 14 heavy (non-hydrogen) atoms. The van der Waals surface area contributed by atoms with Crippen molar-refractivity contribution in [3.05, 3.63) is 0 Å².